The van der Waals surface area contributed by atoms with Crippen molar-refractivity contribution < 1.29 is 22.0 Å². The third kappa shape index (κ3) is 5.95. The number of amides is 4. The minimum atomic E-state index is -3.77. The molecule has 0 aromatic carbocycles. The van der Waals surface area contributed by atoms with Crippen LogP contribution in [0.1, 0.15) is 109 Å². The van der Waals surface area contributed by atoms with Crippen molar-refractivity contribution in [2.75, 3.05) is 26.4 Å². The molecule has 38 heavy (non-hydrogen) atoms. The molecule has 0 aliphatic carbocycles. The Kier molecular flexibility index (Phi) is 9.39. The molecule has 0 saturated carbocycles. The molecule has 2 spiro atoms. The van der Waals surface area contributed by atoms with Gasteiger partial charge in [0.05, 0.1) is 0 Å². The quantitative estimate of drug-likeness (QED) is 0.317. The summed E-state index contributed by atoms with van der Waals surface area (Å²) < 4.78 is 31.1. The molecule has 5 saturated heterocycles. The van der Waals surface area contributed by atoms with E-state index in [0.717, 1.165) is 26.4 Å². The zero-order valence-corrected chi connectivity index (χ0v) is 30.4. The molecule has 4 amide bonds. The SMILES string of the molecule is C1CCOC1.C1CCOC1.CC(C)(C)N1C(=O)N(C(C)(C)C)[Te]12O[Te]1(O2)N(C(C)(C)C)C(=O)N1C(C)(C)C. The molecule has 5 fully saturated rings. The van der Waals surface area contributed by atoms with Crippen molar-refractivity contribution in [3.05, 3.63) is 0 Å². The molecule has 0 unspecified atom stereocenters. The number of rotatable bonds is 0. The Morgan fingerprint density at radius 3 is 0.816 bits per heavy atom. The van der Waals surface area contributed by atoms with E-state index < -0.39 is 61.2 Å². The summed E-state index contributed by atoms with van der Waals surface area (Å²) in [5, 5.41) is 0. The molecule has 224 valence electrons. The van der Waals surface area contributed by atoms with Gasteiger partial charge in [0.1, 0.15) is 0 Å². The van der Waals surface area contributed by atoms with E-state index in [1.54, 1.807) is 0 Å². The van der Waals surface area contributed by atoms with E-state index in [1.165, 1.54) is 25.7 Å². The van der Waals surface area contributed by atoms with Crippen LogP contribution in [-0.4, -0.2) is 112 Å². The second-order valence-electron chi connectivity index (χ2n) is 14.1. The van der Waals surface area contributed by atoms with Crippen LogP contribution in [0.2, 0.25) is 0 Å². The zero-order chi connectivity index (χ0) is 28.9. The number of hydrogen-bond acceptors (Lipinski definition) is 6. The van der Waals surface area contributed by atoms with Gasteiger partial charge in [0.25, 0.3) is 0 Å². The maximum atomic E-state index is 13.1. The molecule has 5 aliphatic rings. The molecule has 10 nitrogen and oxygen atoms in total. The first-order valence-corrected chi connectivity index (χ1v) is 21.7. The molecule has 5 heterocycles. The molecule has 5 aliphatic heterocycles. The van der Waals surface area contributed by atoms with Gasteiger partial charge in [0, 0.05) is 26.4 Å². The molecule has 0 aromatic rings. The van der Waals surface area contributed by atoms with Crippen LogP contribution in [0.4, 0.5) is 9.59 Å². The van der Waals surface area contributed by atoms with Crippen molar-refractivity contribution >= 4 is 51.2 Å². The molecule has 0 aromatic heterocycles. The summed E-state index contributed by atoms with van der Waals surface area (Å²) in [6.45, 7) is 28.1. The maximum absolute atomic E-state index is 13.1. The number of hydrogen-bond donors (Lipinski definition) is 0. The fourth-order valence-corrected chi connectivity index (χ4v) is 37.2. The zero-order valence-electron chi connectivity index (χ0n) is 25.7. The Bertz CT molecular complexity index is 739. The number of urea groups is 2. The summed E-state index contributed by atoms with van der Waals surface area (Å²) in [6, 6.07) is -0.0664. The fourth-order valence-electron chi connectivity index (χ4n) is 4.69. The van der Waals surface area contributed by atoms with Gasteiger partial charge in [-0.25, -0.2) is 0 Å². The third-order valence-electron chi connectivity index (χ3n) is 6.06. The Hall–Kier alpha value is -0.0408. The number of carbonyl (C=O) groups excluding carboxylic acids is 2. The predicted octanol–water partition coefficient (Wildman–Crippen LogP) is 5.17. The van der Waals surface area contributed by atoms with Gasteiger partial charge in [0.2, 0.25) is 0 Å². The predicted molar refractivity (Wildman–Crippen MR) is 151 cm³/mol. The van der Waals surface area contributed by atoms with Gasteiger partial charge in [-0.3, -0.25) is 0 Å². The van der Waals surface area contributed by atoms with E-state index in [2.05, 4.69) is 0 Å². The summed E-state index contributed by atoms with van der Waals surface area (Å²) in [4.78, 5) is 26.1. The van der Waals surface area contributed by atoms with Gasteiger partial charge < -0.3 is 9.47 Å². The van der Waals surface area contributed by atoms with Gasteiger partial charge in [-0.05, 0) is 25.7 Å². The minimum absolute atomic E-state index is 0.0332. The molecule has 0 atom stereocenters. The van der Waals surface area contributed by atoms with Gasteiger partial charge in [-0.15, -0.1) is 0 Å². The Morgan fingerprint density at radius 1 is 0.474 bits per heavy atom. The average Bonchev–Trinajstić information content (AvgIpc) is 3.38. The summed E-state index contributed by atoms with van der Waals surface area (Å²) in [5.41, 5.74) is -1.57. The molecule has 0 N–H and O–H groups in total. The van der Waals surface area contributed by atoms with Crippen molar-refractivity contribution in [1.29, 1.82) is 0 Å². The monoisotopic (exact) mass is 776 g/mol. The number of nitrogens with zero attached hydrogens (tertiary/aromatic N) is 4. The van der Waals surface area contributed by atoms with Crippen LogP contribution in [-0.2, 0) is 12.4 Å². The average molecular weight is 772 g/mol. The number of ether oxygens (including phenoxy) is 2. The molecular formula is C26H52N4O6Te2. The molecule has 5 rings (SSSR count). The second kappa shape index (κ2) is 11.0. The van der Waals surface area contributed by atoms with E-state index in [0.29, 0.717) is 0 Å². The van der Waals surface area contributed by atoms with Crippen LogP contribution in [0.15, 0.2) is 0 Å². The van der Waals surface area contributed by atoms with Crippen LogP contribution in [0, 0.1) is 0 Å². The summed E-state index contributed by atoms with van der Waals surface area (Å²) in [7, 11) is 0. The normalized spacial score (nSPS) is 26.1. The van der Waals surface area contributed by atoms with E-state index in [4.69, 9.17) is 12.4 Å². The first kappa shape index (κ1) is 32.5. The van der Waals surface area contributed by atoms with Gasteiger partial charge >= 0.3 is 182 Å². The van der Waals surface area contributed by atoms with Gasteiger partial charge in [-0.1, -0.05) is 0 Å². The van der Waals surface area contributed by atoms with Crippen LogP contribution in [0.3, 0.4) is 0 Å². The molecule has 0 bridgehead atoms. The first-order chi connectivity index (χ1) is 17.2. The van der Waals surface area contributed by atoms with Crippen molar-refractivity contribution in [3.63, 3.8) is 0 Å². The van der Waals surface area contributed by atoms with Crippen molar-refractivity contribution in [3.8, 4) is 0 Å². The third-order valence-corrected chi connectivity index (χ3v) is 35.0. The fraction of sp³-hybridized carbons (Fsp3) is 0.923. The number of carbonyl (C=O) groups is 2. The molecule has 0 radical (unpaired) electrons. The topological polar surface area (TPSA) is 84.0 Å². The van der Waals surface area contributed by atoms with E-state index >= 15 is 0 Å². The van der Waals surface area contributed by atoms with E-state index in [1.807, 2.05) is 95.7 Å². The van der Waals surface area contributed by atoms with Crippen molar-refractivity contribution in [2.24, 2.45) is 0 Å². The van der Waals surface area contributed by atoms with Crippen molar-refractivity contribution in [2.45, 2.75) is 131 Å². The molecule has 12 heteroatoms. The Labute approximate surface area is 241 Å². The van der Waals surface area contributed by atoms with Crippen LogP contribution in [0.25, 0.3) is 0 Å². The van der Waals surface area contributed by atoms with Crippen LogP contribution >= 0.6 is 0 Å². The first-order valence-electron chi connectivity index (χ1n) is 13.7. The summed E-state index contributed by atoms with van der Waals surface area (Å²) in [6.07, 6.45) is 5.11. The van der Waals surface area contributed by atoms with E-state index in [9.17, 15) is 9.59 Å². The standard InChI is InChI=1S/C18H36N4O4Te2.2C4H8O/c1-15(2,3)19-13(23)20(16(4,5)6)27(19)25-28(26-27)21(17(7,8)9)14(24)22(28)18(10,11)12;2*1-2-4-5-3-1/h1-12H3;2*1-4H2. The van der Waals surface area contributed by atoms with Crippen molar-refractivity contribution in [1.82, 2.24) is 12.6 Å². The Morgan fingerprint density at radius 2 is 0.684 bits per heavy atom. The van der Waals surface area contributed by atoms with Gasteiger partial charge in [-0.2, -0.15) is 0 Å². The molecular weight excluding hydrogens is 720 g/mol. The van der Waals surface area contributed by atoms with Crippen LogP contribution in [0.5, 0.6) is 0 Å². The Balaban J connectivity index is 0.000000330. The van der Waals surface area contributed by atoms with Crippen LogP contribution < -0.4 is 0 Å². The summed E-state index contributed by atoms with van der Waals surface area (Å²) >= 11 is -7.54. The van der Waals surface area contributed by atoms with Gasteiger partial charge in [0.15, 0.2) is 0 Å². The summed E-state index contributed by atoms with van der Waals surface area (Å²) in [5.74, 6) is 0. The second-order valence-corrected chi connectivity index (χ2v) is 29.4. The van der Waals surface area contributed by atoms with E-state index in [-0.39, 0.29) is 12.1 Å².